The number of methoxy groups -OCH3 is 2. The van der Waals surface area contributed by atoms with Gasteiger partial charge in [-0.3, -0.25) is 4.79 Å². The number of quaternary nitrogens is 1. The first-order valence-corrected chi connectivity index (χ1v) is 6.38. The van der Waals surface area contributed by atoms with E-state index in [0.29, 0.717) is 26.1 Å². The first-order chi connectivity index (χ1) is 9.10. The number of carbonyl (C=O) groups is 2. The number of carbonyl (C=O) groups excluding carboxylic acids is 2. The van der Waals surface area contributed by atoms with Crippen LogP contribution in [-0.2, 0) is 19.1 Å². The van der Waals surface area contributed by atoms with E-state index in [0.717, 1.165) is 19.6 Å². The molecular weight excluding hydrogens is 252 g/mol. The highest BCUT2D eigenvalue weighted by Gasteiger charge is 2.09. The Bertz CT molecular complexity index is 253. The third-order valence-electron chi connectivity index (χ3n) is 2.68. The molecule has 0 heterocycles. The van der Waals surface area contributed by atoms with Crippen molar-refractivity contribution in [3.8, 4) is 0 Å². The van der Waals surface area contributed by atoms with E-state index >= 15 is 0 Å². The molecule has 0 radical (unpaired) electrons. The summed E-state index contributed by atoms with van der Waals surface area (Å²) in [6, 6.07) is 0. The molecule has 0 spiro atoms. The smallest absolute Gasteiger partial charge is 0.220 e. The van der Waals surface area contributed by atoms with Crippen molar-refractivity contribution >= 4 is 11.9 Å². The van der Waals surface area contributed by atoms with Crippen molar-refractivity contribution in [2.24, 2.45) is 0 Å². The van der Waals surface area contributed by atoms with Crippen LogP contribution in [0.2, 0.25) is 0 Å². The van der Waals surface area contributed by atoms with Crippen molar-refractivity contribution in [1.29, 1.82) is 0 Å². The molecule has 112 valence electrons. The third kappa shape index (κ3) is 11.6. The summed E-state index contributed by atoms with van der Waals surface area (Å²) in [6.45, 7) is 3.45. The molecule has 0 aromatic heterocycles. The standard InChI is InChI=1S/C12H24N2O5/c1-18-8-6-14(7-9-19-2)5-3-4-11(15)13-10-12(16)17/h3-10H2,1-2H3,(H,13,15)(H,16,17). The molecule has 0 aromatic carbocycles. The molecule has 0 aromatic rings. The number of ether oxygens (including phenoxy) is 2. The third-order valence-corrected chi connectivity index (χ3v) is 2.68. The number of amides is 1. The molecule has 0 rings (SSSR count). The molecule has 1 amide bonds. The van der Waals surface area contributed by atoms with Crippen LogP contribution < -0.4 is 15.3 Å². The summed E-state index contributed by atoms with van der Waals surface area (Å²) < 4.78 is 10.1. The van der Waals surface area contributed by atoms with Crippen molar-refractivity contribution < 1.29 is 29.1 Å². The summed E-state index contributed by atoms with van der Waals surface area (Å²) >= 11 is 0. The molecule has 0 atom stereocenters. The van der Waals surface area contributed by atoms with Gasteiger partial charge in [0.2, 0.25) is 5.91 Å². The van der Waals surface area contributed by atoms with Gasteiger partial charge in [0.15, 0.2) is 0 Å². The molecule has 0 aliphatic carbocycles. The number of hydrogen-bond donors (Lipinski definition) is 2. The fourth-order valence-electron chi connectivity index (χ4n) is 1.63. The Balaban J connectivity index is 3.76. The Morgan fingerprint density at radius 2 is 1.68 bits per heavy atom. The highest BCUT2D eigenvalue weighted by atomic mass is 16.5. The van der Waals surface area contributed by atoms with Gasteiger partial charge < -0.3 is 29.6 Å². The highest BCUT2D eigenvalue weighted by Crippen LogP contribution is 1.85. The number of carboxylic acid groups (broad SMARTS) is 1. The van der Waals surface area contributed by atoms with E-state index in [4.69, 9.17) is 9.47 Å². The van der Waals surface area contributed by atoms with E-state index in [9.17, 15) is 14.7 Å². The second-order valence-electron chi connectivity index (χ2n) is 4.24. The lowest BCUT2D eigenvalue weighted by molar-refractivity contribution is -0.901. The molecule has 0 saturated carbocycles. The van der Waals surface area contributed by atoms with Gasteiger partial charge in [-0.15, -0.1) is 0 Å². The van der Waals surface area contributed by atoms with Crippen LogP contribution >= 0.6 is 0 Å². The maximum Gasteiger partial charge on any atom is 0.220 e. The van der Waals surface area contributed by atoms with E-state index in [1.54, 1.807) is 14.2 Å². The van der Waals surface area contributed by atoms with E-state index in [2.05, 4.69) is 5.32 Å². The van der Waals surface area contributed by atoms with Crippen molar-refractivity contribution in [1.82, 2.24) is 5.32 Å². The fourth-order valence-corrected chi connectivity index (χ4v) is 1.63. The van der Waals surface area contributed by atoms with Crippen molar-refractivity contribution in [2.45, 2.75) is 12.8 Å². The van der Waals surface area contributed by atoms with Gasteiger partial charge in [0.05, 0.1) is 32.3 Å². The highest BCUT2D eigenvalue weighted by molar-refractivity contribution is 5.80. The Kier molecular flexibility index (Phi) is 11.1. The van der Waals surface area contributed by atoms with Crippen molar-refractivity contribution in [2.75, 3.05) is 53.6 Å². The summed E-state index contributed by atoms with van der Waals surface area (Å²) in [5.41, 5.74) is 0. The molecule has 0 saturated heterocycles. The average molecular weight is 276 g/mol. The Labute approximate surface area is 113 Å². The quantitative estimate of drug-likeness (QED) is 0.392. The van der Waals surface area contributed by atoms with Gasteiger partial charge in [0.25, 0.3) is 0 Å². The van der Waals surface area contributed by atoms with Gasteiger partial charge in [-0.25, -0.2) is 0 Å². The number of hydrogen-bond acceptors (Lipinski definition) is 5. The molecular formula is C12H24N2O5. The van der Waals surface area contributed by atoms with Crippen molar-refractivity contribution in [3.63, 3.8) is 0 Å². The normalized spacial score (nSPS) is 10.7. The Morgan fingerprint density at radius 1 is 1.11 bits per heavy atom. The van der Waals surface area contributed by atoms with Gasteiger partial charge in [-0.1, -0.05) is 0 Å². The van der Waals surface area contributed by atoms with Gasteiger partial charge in [0.1, 0.15) is 13.1 Å². The largest absolute Gasteiger partial charge is 0.548 e. The van der Waals surface area contributed by atoms with Crippen LogP contribution in [0.3, 0.4) is 0 Å². The average Bonchev–Trinajstić information content (AvgIpc) is 2.38. The summed E-state index contributed by atoms with van der Waals surface area (Å²) in [6.07, 6.45) is 1.01. The van der Waals surface area contributed by atoms with Gasteiger partial charge in [0, 0.05) is 27.1 Å². The van der Waals surface area contributed by atoms with Gasteiger partial charge >= 0.3 is 0 Å². The van der Waals surface area contributed by atoms with E-state index in [1.165, 1.54) is 4.90 Å². The number of carboxylic acids is 1. The van der Waals surface area contributed by atoms with Crippen LogP contribution in [0.4, 0.5) is 0 Å². The minimum Gasteiger partial charge on any atom is -0.548 e. The molecule has 19 heavy (non-hydrogen) atoms. The van der Waals surface area contributed by atoms with E-state index in [-0.39, 0.29) is 5.91 Å². The minimum absolute atomic E-state index is 0.262. The molecule has 2 N–H and O–H groups in total. The molecule has 7 nitrogen and oxygen atoms in total. The predicted octanol–water partition coefficient (Wildman–Crippen LogP) is -3.19. The summed E-state index contributed by atoms with van der Waals surface area (Å²) in [4.78, 5) is 22.8. The fraction of sp³-hybridized carbons (Fsp3) is 0.833. The van der Waals surface area contributed by atoms with Gasteiger partial charge in [-0.05, 0) is 0 Å². The molecule has 0 fully saturated rings. The van der Waals surface area contributed by atoms with E-state index in [1.807, 2.05) is 0 Å². The number of aliphatic carboxylic acids is 1. The molecule has 0 bridgehead atoms. The van der Waals surface area contributed by atoms with Crippen LogP contribution in [0.1, 0.15) is 12.8 Å². The topological polar surface area (TPSA) is 92.1 Å². The van der Waals surface area contributed by atoms with Crippen molar-refractivity contribution in [3.05, 3.63) is 0 Å². The second-order valence-corrected chi connectivity index (χ2v) is 4.24. The van der Waals surface area contributed by atoms with Gasteiger partial charge in [-0.2, -0.15) is 0 Å². The Hall–Kier alpha value is -1.18. The zero-order valence-electron chi connectivity index (χ0n) is 11.7. The predicted molar refractivity (Wildman–Crippen MR) is 66.6 cm³/mol. The van der Waals surface area contributed by atoms with Crippen LogP contribution in [-0.4, -0.2) is 65.5 Å². The Morgan fingerprint density at radius 3 is 2.16 bits per heavy atom. The summed E-state index contributed by atoms with van der Waals surface area (Å²) in [7, 11) is 3.31. The van der Waals surface area contributed by atoms with Crippen LogP contribution in [0, 0.1) is 0 Å². The monoisotopic (exact) mass is 276 g/mol. The zero-order chi connectivity index (χ0) is 14.5. The lowest BCUT2D eigenvalue weighted by Gasteiger charge is -2.18. The zero-order valence-corrected chi connectivity index (χ0v) is 11.7. The first kappa shape index (κ1) is 17.8. The number of rotatable bonds is 12. The van der Waals surface area contributed by atoms with Crippen LogP contribution in [0.25, 0.3) is 0 Å². The lowest BCUT2D eigenvalue weighted by atomic mass is 10.2. The van der Waals surface area contributed by atoms with Crippen LogP contribution in [0.5, 0.6) is 0 Å². The first-order valence-electron chi connectivity index (χ1n) is 6.38. The number of nitrogens with one attached hydrogen (secondary N) is 2. The second kappa shape index (κ2) is 11.9. The molecule has 0 aliphatic rings. The van der Waals surface area contributed by atoms with Crippen LogP contribution in [0.15, 0.2) is 0 Å². The maximum atomic E-state index is 11.3. The summed E-state index contributed by atoms with van der Waals surface area (Å²) in [5.74, 6) is -1.54. The SMILES string of the molecule is COCC[NH+](CCCC(=O)NCC(=O)[O-])CCOC. The maximum absolute atomic E-state index is 11.3. The molecule has 0 unspecified atom stereocenters. The molecule has 0 aliphatic heterocycles. The molecule has 7 heteroatoms. The minimum atomic E-state index is -1.28. The summed E-state index contributed by atoms with van der Waals surface area (Å²) in [5, 5.41) is 12.4. The lowest BCUT2D eigenvalue weighted by Crippen LogP contribution is -3.13. The van der Waals surface area contributed by atoms with E-state index < -0.39 is 12.5 Å².